The Hall–Kier alpha value is -1.94. The highest BCUT2D eigenvalue weighted by molar-refractivity contribution is 6.36. The second-order valence-corrected chi connectivity index (χ2v) is 4.07. The van der Waals surface area contributed by atoms with Crippen LogP contribution in [0.3, 0.4) is 0 Å². The number of hydrogen-bond acceptors (Lipinski definition) is 3. The molecule has 4 nitrogen and oxygen atoms in total. The first-order valence-corrected chi connectivity index (χ1v) is 5.36. The van der Waals surface area contributed by atoms with E-state index >= 15 is 0 Å². The number of rotatable bonds is 1. The molecule has 3 aromatic rings. The summed E-state index contributed by atoms with van der Waals surface area (Å²) in [7, 11) is 0. The van der Waals surface area contributed by atoms with E-state index in [4.69, 9.17) is 20.5 Å². The SMILES string of the molecule is Cc1ccc(-c2noc3c(Cl)c([O])ccc23)o1. The molecule has 0 N–H and O–H groups in total. The molecule has 17 heavy (non-hydrogen) atoms. The Morgan fingerprint density at radius 3 is 2.76 bits per heavy atom. The van der Waals surface area contributed by atoms with Gasteiger partial charge in [0.25, 0.3) is 0 Å². The van der Waals surface area contributed by atoms with Crippen molar-refractivity contribution in [3.63, 3.8) is 0 Å². The summed E-state index contributed by atoms with van der Waals surface area (Å²) in [6.07, 6.45) is 0. The number of fused-ring (bicyclic) bond motifs is 1. The molecule has 1 radical (unpaired) electrons. The highest BCUT2D eigenvalue weighted by Gasteiger charge is 2.17. The van der Waals surface area contributed by atoms with Gasteiger partial charge in [0.2, 0.25) is 5.75 Å². The summed E-state index contributed by atoms with van der Waals surface area (Å²) in [5.74, 6) is 1.09. The summed E-state index contributed by atoms with van der Waals surface area (Å²) in [6.45, 7) is 1.84. The maximum atomic E-state index is 11.3. The van der Waals surface area contributed by atoms with E-state index in [0.29, 0.717) is 22.4 Å². The number of aryl methyl sites for hydroxylation is 1. The smallest absolute Gasteiger partial charge is 0.201 e. The van der Waals surface area contributed by atoms with Crippen molar-refractivity contribution in [3.05, 3.63) is 35.0 Å². The molecule has 1 aromatic carbocycles. The minimum atomic E-state index is -0.280. The van der Waals surface area contributed by atoms with Crippen molar-refractivity contribution >= 4 is 22.6 Å². The van der Waals surface area contributed by atoms with Crippen LogP contribution >= 0.6 is 11.6 Å². The van der Waals surface area contributed by atoms with Crippen molar-refractivity contribution in [2.45, 2.75) is 6.92 Å². The number of furan rings is 1. The Kier molecular flexibility index (Phi) is 2.12. The molecule has 0 aliphatic heterocycles. The second-order valence-electron chi connectivity index (χ2n) is 3.70. The maximum absolute atomic E-state index is 11.3. The number of benzene rings is 1. The first-order chi connectivity index (χ1) is 8.16. The minimum absolute atomic E-state index is 0.0459. The first kappa shape index (κ1) is 10.2. The van der Waals surface area contributed by atoms with Gasteiger partial charge >= 0.3 is 0 Å². The minimum Gasteiger partial charge on any atom is -0.460 e. The molecule has 0 saturated carbocycles. The lowest BCUT2D eigenvalue weighted by molar-refractivity contribution is 0.354. The molecule has 2 aromatic heterocycles. The summed E-state index contributed by atoms with van der Waals surface area (Å²) in [5.41, 5.74) is 0.846. The fourth-order valence-electron chi connectivity index (χ4n) is 1.69. The first-order valence-electron chi connectivity index (χ1n) is 4.98. The maximum Gasteiger partial charge on any atom is 0.201 e. The third kappa shape index (κ3) is 1.49. The molecule has 0 unspecified atom stereocenters. The Balaban J connectivity index is 2.29. The van der Waals surface area contributed by atoms with Gasteiger partial charge in [-0.1, -0.05) is 16.8 Å². The van der Waals surface area contributed by atoms with Crippen LogP contribution in [0.4, 0.5) is 0 Å². The number of halogens is 1. The summed E-state index contributed by atoms with van der Waals surface area (Å²) in [6, 6.07) is 6.65. The lowest BCUT2D eigenvalue weighted by Gasteiger charge is -1.93. The Morgan fingerprint density at radius 1 is 1.24 bits per heavy atom. The fourth-order valence-corrected chi connectivity index (χ4v) is 1.89. The van der Waals surface area contributed by atoms with E-state index in [0.717, 1.165) is 5.76 Å². The lowest BCUT2D eigenvalue weighted by Crippen LogP contribution is -1.74. The van der Waals surface area contributed by atoms with Crippen LogP contribution in [-0.4, -0.2) is 5.16 Å². The van der Waals surface area contributed by atoms with E-state index in [1.54, 1.807) is 12.1 Å². The van der Waals surface area contributed by atoms with Gasteiger partial charge < -0.3 is 8.94 Å². The molecule has 0 spiro atoms. The normalized spacial score (nSPS) is 11.2. The summed E-state index contributed by atoms with van der Waals surface area (Å²) < 4.78 is 10.5. The fraction of sp³-hybridized carbons (Fsp3) is 0.0833. The van der Waals surface area contributed by atoms with E-state index in [9.17, 15) is 5.11 Å². The van der Waals surface area contributed by atoms with E-state index in [1.165, 1.54) is 6.07 Å². The van der Waals surface area contributed by atoms with E-state index in [1.807, 2.05) is 13.0 Å². The molecule has 0 fully saturated rings. The average molecular weight is 249 g/mol. The highest BCUT2D eigenvalue weighted by Crippen LogP contribution is 2.37. The van der Waals surface area contributed by atoms with Crippen molar-refractivity contribution in [2.75, 3.05) is 0 Å². The summed E-state index contributed by atoms with van der Waals surface area (Å²) in [4.78, 5) is 0. The highest BCUT2D eigenvalue weighted by atomic mass is 35.5. The van der Waals surface area contributed by atoms with Crippen LogP contribution in [0.2, 0.25) is 5.02 Å². The molecular formula is C12H7ClNO3. The van der Waals surface area contributed by atoms with Gasteiger partial charge in [-0.2, -0.15) is 0 Å². The van der Waals surface area contributed by atoms with Gasteiger partial charge in [0.05, 0.1) is 5.39 Å². The molecule has 0 saturated heterocycles. The van der Waals surface area contributed by atoms with Gasteiger partial charge in [-0.3, -0.25) is 5.11 Å². The third-order valence-electron chi connectivity index (χ3n) is 2.52. The van der Waals surface area contributed by atoms with Crippen LogP contribution in [0.15, 0.2) is 33.2 Å². The van der Waals surface area contributed by atoms with Crippen molar-refractivity contribution in [3.8, 4) is 17.2 Å². The largest absolute Gasteiger partial charge is 0.460 e. The van der Waals surface area contributed by atoms with Gasteiger partial charge in [0.1, 0.15) is 10.8 Å². The molecule has 3 rings (SSSR count). The van der Waals surface area contributed by atoms with Crippen LogP contribution in [0.5, 0.6) is 5.75 Å². The van der Waals surface area contributed by atoms with Gasteiger partial charge in [0.15, 0.2) is 17.0 Å². The topological polar surface area (TPSA) is 59.1 Å². The molecular weight excluding hydrogens is 242 g/mol. The van der Waals surface area contributed by atoms with Gasteiger partial charge in [-0.05, 0) is 31.2 Å². The van der Waals surface area contributed by atoms with E-state index < -0.39 is 0 Å². The zero-order valence-electron chi connectivity index (χ0n) is 8.86. The number of aromatic nitrogens is 1. The third-order valence-corrected chi connectivity index (χ3v) is 2.88. The Labute approximate surface area is 101 Å². The Morgan fingerprint density at radius 2 is 2.06 bits per heavy atom. The zero-order chi connectivity index (χ0) is 12.0. The van der Waals surface area contributed by atoms with Crippen LogP contribution in [0.25, 0.3) is 22.4 Å². The van der Waals surface area contributed by atoms with Gasteiger partial charge in [0, 0.05) is 0 Å². The van der Waals surface area contributed by atoms with Crippen molar-refractivity contribution in [1.29, 1.82) is 0 Å². The van der Waals surface area contributed by atoms with Gasteiger partial charge in [-0.15, -0.1) is 0 Å². The monoisotopic (exact) mass is 248 g/mol. The summed E-state index contributed by atoms with van der Waals surface area (Å²) in [5, 5.41) is 15.9. The standard InChI is InChI=1S/C12H7ClNO3/c1-6-2-5-9(16-6)11-7-3-4-8(15)10(13)12(7)17-14-11/h2-5H,1H3. The molecule has 0 aliphatic carbocycles. The second kappa shape index (κ2) is 3.53. The zero-order valence-corrected chi connectivity index (χ0v) is 9.62. The van der Waals surface area contributed by atoms with E-state index in [2.05, 4.69) is 5.16 Å². The average Bonchev–Trinajstić information content (AvgIpc) is 2.89. The molecule has 2 heterocycles. The lowest BCUT2D eigenvalue weighted by atomic mass is 10.2. The molecule has 0 amide bonds. The van der Waals surface area contributed by atoms with Crippen LogP contribution in [0, 0.1) is 6.92 Å². The van der Waals surface area contributed by atoms with Crippen molar-refractivity contribution < 1.29 is 14.0 Å². The molecule has 5 heteroatoms. The Bertz CT molecular complexity index is 699. The van der Waals surface area contributed by atoms with Gasteiger partial charge in [-0.25, -0.2) is 0 Å². The number of nitrogens with zero attached hydrogens (tertiary/aromatic N) is 1. The van der Waals surface area contributed by atoms with Crippen molar-refractivity contribution in [2.24, 2.45) is 0 Å². The number of hydrogen-bond donors (Lipinski definition) is 0. The van der Waals surface area contributed by atoms with Crippen LogP contribution in [-0.2, 0) is 5.11 Å². The molecule has 85 valence electrons. The quantitative estimate of drug-likeness (QED) is 0.649. The molecule has 0 bridgehead atoms. The predicted octanol–water partition coefficient (Wildman–Crippen LogP) is 4.19. The van der Waals surface area contributed by atoms with E-state index in [-0.39, 0.29) is 10.8 Å². The molecule has 0 aliphatic rings. The summed E-state index contributed by atoms with van der Waals surface area (Å²) >= 11 is 5.86. The molecule has 0 atom stereocenters. The van der Waals surface area contributed by atoms with Crippen LogP contribution < -0.4 is 0 Å². The predicted molar refractivity (Wildman–Crippen MR) is 61.6 cm³/mol. The van der Waals surface area contributed by atoms with Crippen molar-refractivity contribution in [1.82, 2.24) is 5.16 Å². The van der Waals surface area contributed by atoms with Crippen LogP contribution in [0.1, 0.15) is 5.76 Å².